The Kier molecular flexibility index (Phi) is 13.2. The molecule has 0 fully saturated rings. The average Bonchev–Trinajstić information content (AvgIpc) is 2.98. The topological polar surface area (TPSA) is 128 Å². The number of nitrogens with one attached hydrogen (secondary N) is 1. The fourth-order valence-corrected chi connectivity index (χ4v) is 5.69. The zero-order chi connectivity index (χ0) is 33.8. The molecule has 0 aromatic heterocycles. The number of hydrogen-bond donors (Lipinski definition) is 1. The number of esters is 1. The lowest BCUT2D eigenvalue weighted by Crippen LogP contribution is -2.43. The van der Waals surface area contributed by atoms with Gasteiger partial charge in [0.25, 0.3) is 0 Å². The lowest BCUT2D eigenvalue weighted by atomic mass is 10.1. The van der Waals surface area contributed by atoms with E-state index in [0.29, 0.717) is 11.3 Å². The van der Waals surface area contributed by atoms with Gasteiger partial charge in [0.15, 0.2) is 11.5 Å². The Bertz CT molecular complexity index is 1430. The predicted octanol–water partition coefficient (Wildman–Crippen LogP) is 7.37. The first-order chi connectivity index (χ1) is 21.6. The van der Waals surface area contributed by atoms with Gasteiger partial charge in [-0.3, -0.25) is 9.05 Å². The van der Waals surface area contributed by atoms with Gasteiger partial charge in [0.2, 0.25) is 6.79 Å². The fraction of sp³-hybridized carbons (Fsp3) is 0.412. The van der Waals surface area contributed by atoms with Crippen LogP contribution in [0.2, 0.25) is 0 Å². The van der Waals surface area contributed by atoms with Crippen LogP contribution in [0.4, 0.5) is 4.79 Å². The van der Waals surface area contributed by atoms with E-state index < -0.39 is 43.9 Å². The lowest BCUT2D eigenvalue weighted by molar-refractivity contribution is -0.143. The molecule has 0 saturated carbocycles. The summed E-state index contributed by atoms with van der Waals surface area (Å²) < 4.78 is 52.6. The Morgan fingerprint density at radius 2 is 1.30 bits per heavy atom. The third-order valence-electron chi connectivity index (χ3n) is 5.87. The molecular formula is C34H44NO10P. The molecular weight excluding hydrogens is 613 g/mol. The van der Waals surface area contributed by atoms with Crippen molar-refractivity contribution in [3.8, 4) is 11.5 Å². The molecule has 46 heavy (non-hydrogen) atoms. The Morgan fingerprint density at radius 1 is 0.739 bits per heavy atom. The van der Waals surface area contributed by atoms with E-state index in [-0.39, 0.29) is 25.4 Å². The minimum absolute atomic E-state index is 0.0354. The van der Waals surface area contributed by atoms with Gasteiger partial charge in [-0.25, -0.2) is 18.7 Å². The van der Waals surface area contributed by atoms with Crippen molar-refractivity contribution < 1.29 is 46.7 Å². The molecule has 0 radical (unpaired) electrons. The largest absolute Gasteiger partial charge is 0.485 e. The maximum atomic E-state index is 13.5. The van der Waals surface area contributed by atoms with Gasteiger partial charge in [0, 0.05) is 6.42 Å². The van der Waals surface area contributed by atoms with Crippen LogP contribution in [0.1, 0.15) is 58.2 Å². The highest BCUT2D eigenvalue weighted by Gasteiger charge is 2.37. The Morgan fingerprint density at radius 3 is 1.85 bits per heavy atom. The van der Waals surface area contributed by atoms with Gasteiger partial charge in [-0.2, -0.15) is 0 Å². The van der Waals surface area contributed by atoms with Crippen LogP contribution in [0.25, 0.3) is 0 Å². The quantitative estimate of drug-likeness (QED) is 0.101. The summed E-state index contributed by atoms with van der Waals surface area (Å²) in [5.74, 6) is -0.0578. The third-order valence-corrected chi connectivity index (χ3v) is 7.84. The fourth-order valence-electron chi connectivity index (χ4n) is 4.02. The lowest BCUT2D eigenvalue weighted by Gasteiger charge is -2.30. The summed E-state index contributed by atoms with van der Waals surface area (Å²) >= 11 is 0. The van der Waals surface area contributed by atoms with Crippen molar-refractivity contribution in [1.82, 2.24) is 5.32 Å². The number of carbonyl (C=O) groups excluding carboxylic acids is 2. The monoisotopic (exact) mass is 657 g/mol. The smallest absolute Gasteiger partial charge is 0.478 e. The van der Waals surface area contributed by atoms with Crippen LogP contribution >= 0.6 is 7.82 Å². The second kappa shape index (κ2) is 16.6. The van der Waals surface area contributed by atoms with E-state index >= 15 is 0 Å². The first-order valence-corrected chi connectivity index (χ1v) is 16.2. The summed E-state index contributed by atoms with van der Waals surface area (Å²) in [6, 6.07) is 22.7. The van der Waals surface area contributed by atoms with Crippen LogP contribution in [-0.4, -0.2) is 43.2 Å². The maximum absolute atomic E-state index is 13.5. The Balaban J connectivity index is 1.79. The third kappa shape index (κ3) is 13.2. The summed E-state index contributed by atoms with van der Waals surface area (Å²) in [6.07, 6.45) is -0.734. The van der Waals surface area contributed by atoms with Crippen molar-refractivity contribution in [2.45, 2.75) is 78.4 Å². The summed E-state index contributed by atoms with van der Waals surface area (Å²) in [5.41, 5.74) is 0.666. The molecule has 0 bridgehead atoms. The van der Waals surface area contributed by atoms with E-state index in [1.807, 2.05) is 60.7 Å². The normalized spacial score (nSPS) is 12.6. The first kappa shape index (κ1) is 36.6. The molecule has 1 amide bonds. The SMILES string of the molecule is COC(=O)C(Cc1ccc(OCc2ccccc2)c(OCOP(=O)(OC(C)(C)C)OC(C)(C)C)c1)NC(=O)OCc1ccccc1. The number of carbonyl (C=O) groups is 2. The van der Waals surface area contributed by atoms with Crippen LogP contribution in [0, 0.1) is 0 Å². The zero-order valence-corrected chi connectivity index (χ0v) is 28.3. The molecule has 1 atom stereocenters. The van der Waals surface area contributed by atoms with Crippen molar-refractivity contribution in [2.24, 2.45) is 0 Å². The standard InChI is InChI=1S/C34H44NO10P/c1-33(2,3)44-46(38,45-34(4,5)6)43-24-42-30-21-27(18-19-29(30)40-22-25-14-10-8-11-15-25)20-28(31(36)39-7)35-32(37)41-23-26-16-12-9-13-17-26/h8-19,21,28H,20,22-24H2,1-7H3,(H,35,37). The number of methoxy groups -OCH3 is 1. The number of phosphoric ester groups is 1. The molecule has 12 heteroatoms. The Labute approximate surface area is 271 Å². The second-order valence-electron chi connectivity index (χ2n) is 12.3. The number of benzene rings is 3. The van der Waals surface area contributed by atoms with E-state index in [0.717, 1.165) is 11.1 Å². The summed E-state index contributed by atoms with van der Waals surface area (Å²) in [6.45, 7) is 10.2. The molecule has 0 heterocycles. The van der Waals surface area contributed by atoms with Crippen molar-refractivity contribution in [2.75, 3.05) is 13.9 Å². The zero-order valence-electron chi connectivity index (χ0n) is 27.4. The highest BCUT2D eigenvalue weighted by atomic mass is 31.2. The molecule has 11 nitrogen and oxygen atoms in total. The number of phosphoric acid groups is 1. The summed E-state index contributed by atoms with van der Waals surface area (Å²) in [7, 11) is -2.83. The molecule has 3 aromatic rings. The second-order valence-corrected chi connectivity index (χ2v) is 13.8. The van der Waals surface area contributed by atoms with Crippen molar-refractivity contribution in [3.63, 3.8) is 0 Å². The maximum Gasteiger partial charge on any atom is 0.478 e. The molecule has 3 aromatic carbocycles. The minimum atomic E-state index is -4.06. The van der Waals surface area contributed by atoms with Crippen LogP contribution in [0.15, 0.2) is 78.9 Å². The summed E-state index contributed by atoms with van der Waals surface area (Å²) in [4.78, 5) is 25.2. The highest BCUT2D eigenvalue weighted by Crippen LogP contribution is 2.55. The van der Waals surface area contributed by atoms with Gasteiger partial charge in [-0.15, -0.1) is 0 Å². The van der Waals surface area contributed by atoms with Crippen molar-refractivity contribution in [3.05, 3.63) is 95.6 Å². The van der Waals surface area contributed by atoms with E-state index in [1.165, 1.54) is 7.11 Å². The Hall–Kier alpha value is -3.89. The average molecular weight is 658 g/mol. The molecule has 1 N–H and O–H groups in total. The van der Waals surface area contributed by atoms with Gasteiger partial charge >= 0.3 is 19.9 Å². The van der Waals surface area contributed by atoms with Crippen LogP contribution in [0.5, 0.6) is 11.5 Å². The number of alkyl carbamates (subject to hydrolysis) is 1. The van der Waals surface area contributed by atoms with Gasteiger partial charge in [-0.1, -0.05) is 66.7 Å². The molecule has 0 spiro atoms. The minimum Gasteiger partial charge on any atom is -0.485 e. The van der Waals surface area contributed by atoms with Crippen LogP contribution < -0.4 is 14.8 Å². The van der Waals surface area contributed by atoms with Crippen molar-refractivity contribution >= 4 is 19.9 Å². The van der Waals surface area contributed by atoms with Crippen LogP contribution in [0.3, 0.4) is 0 Å². The van der Waals surface area contributed by atoms with E-state index in [1.54, 1.807) is 59.7 Å². The van der Waals surface area contributed by atoms with Gasteiger partial charge in [-0.05, 0) is 70.4 Å². The molecule has 1 unspecified atom stereocenters. The van der Waals surface area contributed by atoms with Gasteiger partial charge in [0.1, 0.15) is 19.3 Å². The van der Waals surface area contributed by atoms with Gasteiger partial charge in [0.05, 0.1) is 18.3 Å². The van der Waals surface area contributed by atoms with Crippen LogP contribution in [-0.2, 0) is 52.0 Å². The van der Waals surface area contributed by atoms with E-state index in [4.69, 9.17) is 32.5 Å². The first-order valence-electron chi connectivity index (χ1n) is 14.8. The number of rotatable bonds is 15. The molecule has 0 aliphatic carbocycles. The molecule has 0 saturated heterocycles. The van der Waals surface area contributed by atoms with E-state index in [9.17, 15) is 14.2 Å². The van der Waals surface area contributed by atoms with E-state index in [2.05, 4.69) is 5.32 Å². The highest BCUT2D eigenvalue weighted by molar-refractivity contribution is 7.48. The molecule has 3 rings (SSSR count). The predicted molar refractivity (Wildman–Crippen MR) is 172 cm³/mol. The number of ether oxygens (including phenoxy) is 4. The van der Waals surface area contributed by atoms with Gasteiger partial charge < -0.3 is 24.3 Å². The molecule has 0 aliphatic rings. The molecule has 0 aliphatic heterocycles. The number of hydrogen-bond acceptors (Lipinski definition) is 10. The number of amides is 1. The van der Waals surface area contributed by atoms with Crippen molar-refractivity contribution in [1.29, 1.82) is 0 Å². The summed E-state index contributed by atoms with van der Waals surface area (Å²) in [5, 5.41) is 2.57. The molecule has 250 valence electrons.